The lowest BCUT2D eigenvalue weighted by Gasteiger charge is -2.11. The van der Waals surface area contributed by atoms with Crippen LogP contribution in [0.2, 0.25) is 0 Å². The molecule has 0 aliphatic carbocycles. The molecule has 9 heteroatoms. The highest BCUT2D eigenvalue weighted by atomic mass is 16.2. The molecule has 156 valence electrons. The molecule has 2 aromatic carbocycles. The van der Waals surface area contributed by atoms with Crippen molar-refractivity contribution in [1.29, 1.82) is 0 Å². The van der Waals surface area contributed by atoms with Gasteiger partial charge in [0.2, 0.25) is 0 Å². The Hall–Kier alpha value is -4.27. The van der Waals surface area contributed by atoms with Gasteiger partial charge in [0, 0.05) is 29.4 Å². The van der Waals surface area contributed by atoms with Crippen LogP contribution in [0.3, 0.4) is 0 Å². The molecule has 0 radical (unpaired) electrons. The normalized spacial score (nSPS) is 10.8. The molecular weight excluding hydrogens is 396 g/mol. The van der Waals surface area contributed by atoms with Crippen LogP contribution in [-0.4, -0.2) is 31.4 Å². The van der Waals surface area contributed by atoms with E-state index < -0.39 is 11.8 Å². The van der Waals surface area contributed by atoms with Crippen molar-refractivity contribution in [1.82, 2.24) is 30.4 Å². The molecule has 2 aromatic heterocycles. The van der Waals surface area contributed by atoms with Gasteiger partial charge in [-0.25, -0.2) is 9.36 Å². The molecule has 0 atom stereocenters. The number of aromatic nitrogens is 4. The van der Waals surface area contributed by atoms with Gasteiger partial charge in [0.15, 0.2) is 5.69 Å². The van der Waals surface area contributed by atoms with Crippen LogP contribution in [0.15, 0.2) is 65.6 Å². The average Bonchev–Trinajstić information content (AvgIpc) is 3.23. The van der Waals surface area contributed by atoms with Gasteiger partial charge in [0.25, 0.3) is 17.4 Å². The van der Waals surface area contributed by atoms with Crippen molar-refractivity contribution in [3.63, 3.8) is 0 Å². The summed E-state index contributed by atoms with van der Waals surface area (Å²) >= 11 is 0. The number of nitrogens with zero attached hydrogens (tertiary/aromatic N) is 4. The van der Waals surface area contributed by atoms with Gasteiger partial charge in [0.05, 0.1) is 11.1 Å². The van der Waals surface area contributed by atoms with Gasteiger partial charge in [0.1, 0.15) is 0 Å². The number of hydrazine groups is 1. The summed E-state index contributed by atoms with van der Waals surface area (Å²) in [6.07, 6.45) is 1.70. The van der Waals surface area contributed by atoms with E-state index in [4.69, 9.17) is 0 Å². The smallest absolute Gasteiger partial charge is 0.267 e. The molecule has 0 saturated heterocycles. The first kappa shape index (κ1) is 20.0. The molecule has 2 heterocycles. The van der Waals surface area contributed by atoms with Crippen molar-refractivity contribution in [2.75, 3.05) is 0 Å². The maximum Gasteiger partial charge on any atom is 0.290 e. The zero-order chi connectivity index (χ0) is 22.0. The molecule has 2 amide bonds. The van der Waals surface area contributed by atoms with Gasteiger partial charge in [-0.3, -0.25) is 25.2 Å². The van der Waals surface area contributed by atoms with Crippen LogP contribution in [0.5, 0.6) is 0 Å². The summed E-state index contributed by atoms with van der Waals surface area (Å²) in [5.74, 6) is -1.10. The lowest BCUT2D eigenvalue weighted by atomic mass is 10.1. The largest absolute Gasteiger partial charge is 0.290 e. The Balaban J connectivity index is 1.51. The van der Waals surface area contributed by atoms with Crippen molar-refractivity contribution >= 4 is 22.6 Å². The van der Waals surface area contributed by atoms with E-state index in [1.54, 1.807) is 66.3 Å². The molecular formula is C22H20N6O3. The van der Waals surface area contributed by atoms with Crippen LogP contribution >= 0.6 is 0 Å². The maximum absolute atomic E-state index is 12.7. The van der Waals surface area contributed by atoms with E-state index in [0.29, 0.717) is 22.9 Å². The first-order valence-corrected chi connectivity index (χ1v) is 9.71. The molecule has 0 unspecified atom stereocenters. The molecule has 2 N–H and O–H groups in total. The zero-order valence-corrected chi connectivity index (χ0v) is 17.0. The number of carbonyl (C=O) groups is 2. The van der Waals surface area contributed by atoms with Gasteiger partial charge in [-0.15, -0.1) is 0 Å². The monoisotopic (exact) mass is 416 g/mol. The number of rotatable bonds is 4. The van der Waals surface area contributed by atoms with Gasteiger partial charge in [-0.1, -0.05) is 18.2 Å². The Morgan fingerprint density at radius 1 is 0.935 bits per heavy atom. The minimum atomic E-state index is -0.615. The highest BCUT2D eigenvalue weighted by molar-refractivity contribution is 6.06. The number of aryl methyl sites for hydroxylation is 2. The number of hydrogen-bond donors (Lipinski definition) is 2. The number of benzene rings is 2. The van der Waals surface area contributed by atoms with Crippen LogP contribution in [-0.2, 0) is 6.54 Å². The van der Waals surface area contributed by atoms with Gasteiger partial charge in [-0.05, 0) is 50.2 Å². The van der Waals surface area contributed by atoms with E-state index in [0.717, 1.165) is 11.4 Å². The topological polar surface area (TPSA) is 111 Å². The van der Waals surface area contributed by atoms with E-state index in [9.17, 15) is 14.4 Å². The average molecular weight is 416 g/mol. The summed E-state index contributed by atoms with van der Waals surface area (Å²) in [4.78, 5) is 37.6. The quantitative estimate of drug-likeness (QED) is 0.494. The second kappa shape index (κ2) is 8.23. The predicted molar refractivity (Wildman–Crippen MR) is 115 cm³/mol. The van der Waals surface area contributed by atoms with E-state index in [1.165, 1.54) is 4.68 Å². The SMILES string of the molecule is CCn1nc(C(=O)NNC(=O)c2ccc(-n3nccc3C)cc2)c2ccccc2c1=O. The Kier molecular flexibility index (Phi) is 5.31. The molecule has 0 saturated carbocycles. The summed E-state index contributed by atoms with van der Waals surface area (Å²) < 4.78 is 2.97. The minimum Gasteiger partial charge on any atom is -0.267 e. The van der Waals surface area contributed by atoms with E-state index in [2.05, 4.69) is 21.0 Å². The van der Waals surface area contributed by atoms with Gasteiger partial charge >= 0.3 is 0 Å². The third-order valence-electron chi connectivity index (χ3n) is 4.88. The fraction of sp³-hybridized carbons (Fsp3) is 0.136. The summed E-state index contributed by atoms with van der Waals surface area (Å²) in [6.45, 7) is 4.02. The van der Waals surface area contributed by atoms with Gasteiger partial charge < -0.3 is 0 Å². The third-order valence-corrected chi connectivity index (χ3v) is 4.88. The Labute approximate surface area is 177 Å². The summed E-state index contributed by atoms with van der Waals surface area (Å²) in [5.41, 5.74) is 6.71. The minimum absolute atomic E-state index is 0.0573. The standard InChI is InChI=1S/C22H20N6O3/c1-3-27-22(31)18-7-5-4-6-17(18)19(26-27)21(30)25-24-20(29)15-8-10-16(11-9-15)28-14(2)12-13-23-28/h4-13H,3H2,1-2H3,(H,24,29)(H,25,30). The van der Waals surface area contributed by atoms with Crippen molar-refractivity contribution in [2.45, 2.75) is 20.4 Å². The molecule has 0 fully saturated rings. The van der Waals surface area contributed by atoms with Crippen LogP contribution in [0.25, 0.3) is 16.5 Å². The van der Waals surface area contributed by atoms with Crippen LogP contribution in [0.1, 0.15) is 33.5 Å². The van der Waals surface area contributed by atoms with E-state index in [-0.39, 0.29) is 11.3 Å². The fourth-order valence-corrected chi connectivity index (χ4v) is 3.26. The van der Waals surface area contributed by atoms with Crippen molar-refractivity contribution in [2.24, 2.45) is 0 Å². The zero-order valence-electron chi connectivity index (χ0n) is 17.0. The van der Waals surface area contributed by atoms with Crippen molar-refractivity contribution < 1.29 is 9.59 Å². The summed E-state index contributed by atoms with van der Waals surface area (Å²) in [5, 5.41) is 9.18. The molecule has 4 rings (SSSR count). The molecule has 0 aliphatic rings. The molecule has 0 aliphatic heterocycles. The molecule has 0 bridgehead atoms. The lowest BCUT2D eigenvalue weighted by molar-refractivity contribution is 0.0843. The number of nitrogens with one attached hydrogen (secondary N) is 2. The Bertz CT molecular complexity index is 1340. The van der Waals surface area contributed by atoms with Crippen molar-refractivity contribution in [3.8, 4) is 5.69 Å². The first-order chi connectivity index (χ1) is 15.0. The number of hydrogen-bond acceptors (Lipinski definition) is 5. The molecule has 0 spiro atoms. The Morgan fingerprint density at radius 3 is 2.26 bits per heavy atom. The van der Waals surface area contributed by atoms with Crippen LogP contribution < -0.4 is 16.4 Å². The highest BCUT2D eigenvalue weighted by Crippen LogP contribution is 2.13. The number of fused-ring (bicyclic) bond motifs is 1. The fourth-order valence-electron chi connectivity index (χ4n) is 3.26. The maximum atomic E-state index is 12.7. The second-order valence-corrected chi connectivity index (χ2v) is 6.85. The van der Waals surface area contributed by atoms with Crippen LogP contribution in [0.4, 0.5) is 0 Å². The lowest BCUT2D eigenvalue weighted by Crippen LogP contribution is -2.42. The third kappa shape index (κ3) is 3.80. The highest BCUT2D eigenvalue weighted by Gasteiger charge is 2.17. The van der Waals surface area contributed by atoms with Gasteiger partial charge in [-0.2, -0.15) is 10.2 Å². The van der Waals surface area contributed by atoms with Crippen molar-refractivity contribution in [3.05, 3.63) is 88.1 Å². The molecule has 31 heavy (non-hydrogen) atoms. The first-order valence-electron chi connectivity index (χ1n) is 9.71. The molecule has 9 nitrogen and oxygen atoms in total. The Morgan fingerprint density at radius 2 is 1.61 bits per heavy atom. The number of carbonyl (C=O) groups excluding carboxylic acids is 2. The van der Waals surface area contributed by atoms with E-state index >= 15 is 0 Å². The summed E-state index contributed by atoms with van der Waals surface area (Å²) in [6, 6.07) is 15.4. The van der Waals surface area contributed by atoms with E-state index in [1.807, 2.05) is 13.0 Å². The molecule has 4 aromatic rings. The number of amides is 2. The second-order valence-electron chi connectivity index (χ2n) is 6.85. The predicted octanol–water partition coefficient (Wildman–Crippen LogP) is 1.99. The van der Waals surface area contributed by atoms with Crippen LogP contribution in [0, 0.1) is 6.92 Å². The summed E-state index contributed by atoms with van der Waals surface area (Å²) in [7, 11) is 0.